The molecule has 0 saturated heterocycles. The number of carbonyl (C=O) groups is 1. The quantitative estimate of drug-likeness (QED) is 0.367. The van der Waals surface area contributed by atoms with Crippen molar-refractivity contribution < 1.29 is 22.9 Å². The van der Waals surface area contributed by atoms with Gasteiger partial charge in [0.05, 0.1) is 21.4 Å². The Morgan fingerprint density at radius 1 is 1.00 bits per heavy atom. The Hall–Kier alpha value is -3.04. The lowest BCUT2D eigenvalue weighted by Crippen LogP contribution is -2.34. The van der Waals surface area contributed by atoms with Crippen LogP contribution in [0.2, 0.25) is 0 Å². The molecule has 0 radical (unpaired) electrons. The van der Waals surface area contributed by atoms with Gasteiger partial charge in [-0.05, 0) is 43.4 Å². The Balaban J connectivity index is 1.64. The number of nitro groups is 1. The zero-order chi connectivity index (χ0) is 22.7. The van der Waals surface area contributed by atoms with Crippen molar-refractivity contribution in [3.63, 3.8) is 0 Å². The van der Waals surface area contributed by atoms with Crippen LogP contribution < -0.4 is 0 Å². The van der Waals surface area contributed by atoms with Gasteiger partial charge in [0.15, 0.2) is 0 Å². The number of sulfonamides is 1. The van der Waals surface area contributed by atoms with Crippen molar-refractivity contribution in [2.75, 3.05) is 6.54 Å². The number of non-ortho nitro benzene ring substituents is 1. The predicted molar refractivity (Wildman–Crippen MR) is 117 cm³/mol. The van der Waals surface area contributed by atoms with E-state index in [2.05, 4.69) is 0 Å². The first kappa shape index (κ1) is 22.2. The van der Waals surface area contributed by atoms with Crippen LogP contribution >= 0.6 is 0 Å². The molecule has 2 aromatic carbocycles. The molecule has 168 valence electrons. The molecular weight excluding hydrogens is 432 g/mol. The van der Waals surface area contributed by atoms with E-state index in [0.29, 0.717) is 11.1 Å². The van der Waals surface area contributed by atoms with Crippen LogP contribution in [0.1, 0.15) is 43.7 Å². The summed E-state index contributed by atoms with van der Waals surface area (Å²) < 4.78 is 33.8. The number of carbonyl (C=O) groups excluding carboxylic acids is 1. The lowest BCUT2D eigenvalue weighted by atomic mass is 9.97. The smallest absolute Gasteiger partial charge is 0.336 e. The standard InChI is InChI=1S/C23H24N2O6S/c26-23(31-19-9-5-2-6-10-19)21-15-16-24(22(21)17-7-3-1-4-8-17)32(29,30)20-13-11-18(12-14-20)25(27)28/h1,3-4,7-8,11-15,19,22H,2,5-6,9-10,16H2. The van der Waals surface area contributed by atoms with Crippen LogP contribution in [0.5, 0.6) is 0 Å². The van der Waals surface area contributed by atoms with Gasteiger partial charge in [-0.3, -0.25) is 10.1 Å². The summed E-state index contributed by atoms with van der Waals surface area (Å²) in [5, 5.41) is 10.9. The van der Waals surface area contributed by atoms with Crippen molar-refractivity contribution in [1.29, 1.82) is 0 Å². The average Bonchev–Trinajstić information content (AvgIpc) is 3.27. The molecule has 0 bridgehead atoms. The van der Waals surface area contributed by atoms with E-state index >= 15 is 0 Å². The lowest BCUT2D eigenvalue weighted by Gasteiger charge is -2.28. The van der Waals surface area contributed by atoms with Gasteiger partial charge in [0.2, 0.25) is 10.0 Å². The van der Waals surface area contributed by atoms with Crippen LogP contribution in [0.25, 0.3) is 0 Å². The summed E-state index contributed by atoms with van der Waals surface area (Å²) in [5.41, 5.74) is 0.759. The van der Waals surface area contributed by atoms with Crippen LogP contribution in [0, 0.1) is 10.1 Å². The van der Waals surface area contributed by atoms with E-state index in [9.17, 15) is 23.3 Å². The number of ether oxygens (including phenoxy) is 1. The summed E-state index contributed by atoms with van der Waals surface area (Å²) in [4.78, 5) is 23.3. The second-order valence-corrected chi connectivity index (χ2v) is 9.85. The Morgan fingerprint density at radius 2 is 1.66 bits per heavy atom. The number of esters is 1. The zero-order valence-electron chi connectivity index (χ0n) is 17.4. The number of hydrogen-bond acceptors (Lipinski definition) is 6. The van der Waals surface area contributed by atoms with Gasteiger partial charge in [0, 0.05) is 18.7 Å². The third-order valence-electron chi connectivity index (χ3n) is 5.90. The maximum absolute atomic E-state index is 13.4. The van der Waals surface area contributed by atoms with Crippen molar-refractivity contribution in [3.05, 3.63) is 81.9 Å². The minimum atomic E-state index is -4.03. The summed E-state index contributed by atoms with van der Waals surface area (Å²) in [6.45, 7) is 0.00792. The van der Waals surface area contributed by atoms with E-state index < -0.39 is 27.0 Å². The number of rotatable bonds is 6. The first-order chi connectivity index (χ1) is 15.4. The topological polar surface area (TPSA) is 107 Å². The molecule has 2 aliphatic rings. The molecule has 1 aliphatic carbocycles. The lowest BCUT2D eigenvalue weighted by molar-refractivity contribution is -0.384. The van der Waals surface area contributed by atoms with E-state index in [1.54, 1.807) is 30.3 Å². The van der Waals surface area contributed by atoms with Gasteiger partial charge >= 0.3 is 5.97 Å². The van der Waals surface area contributed by atoms with Gasteiger partial charge in [0.1, 0.15) is 6.10 Å². The molecule has 4 rings (SSSR count). The maximum Gasteiger partial charge on any atom is 0.336 e. The van der Waals surface area contributed by atoms with Gasteiger partial charge in [-0.25, -0.2) is 13.2 Å². The highest BCUT2D eigenvalue weighted by atomic mass is 32.2. The second-order valence-electron chi connectivity index (χ2n) is 7.96. The fraction of sp³-hybridized carbons (Fsp3) is 0.348. The zero-order valence-corrected chi connectivity index (χ0v) is 18.2. The van der Waals surface area contributed by atoms with Crippen molar-refractivity contribution in [3.8, 4) is 0 Å². The van der Waals surface area contributed by atoms with Crippen molar-refractivity contribution >= 4 is 21.7 Å². The van der Waals surface area contributed by atoms with Crippen molar-refractivity contribution in [2.45, 2.75) is 49.1 Å². The van der Waals surface area contributed by atoms with Crippen LogP contribution in [0.3, 0.4) is 0 Å². The molecule has 1 heterocycles. The van der Waals surface area contributed by atoms with Crippen LogP contribution in [-0.4, -0.2) is 36.3 Å². The molecule has 1 unspecified atom stereocenters. The summed E-state index contributed by atoms with van der Waals surface area (Å²) in [7, 11) is -4.03. The third-order valence-corrected chi connectivity index (χ3v) is 7.75. The van der Waals surface area contributed by atoms with Gasteiger partial charge < -0.3 is 4.74 Å². The van der Waals surface area contributed by atoms with Gasteiger partial charge in [-0.15, -0.1) is 0 Å². The first-order valence-corrected chi connectivity index (χ1v) is 12.0. The molecule has 1 aliphatic heterocycles. The number of nitrogens with zero attached hydrogens (tertiary/aromatic N) is 2. The Kier molecular flexibility index (Phi) is 6.38. The number of nitro benzene ring substituents is 1. The second kappa shape index (κ2) is 9.22. The average molecular weight is 457 g/mol. The maximum atomic E-state index is 13.4. The first-order valence-electron chi connectivity index (χ1n) is 10.6. The molecule has 0 spiro atoms. The van der Waals surface area contributed by atoms with E-state index in [1.165, 1.54) is 16.4 Å². The highest BCUT2D eigenvalue weighted by Crippen LogP contribution is 2.39. The van der Waals surface area contributed by atoms with Crippen LogP contribution in [0.15, 0.2) is 71.1 Å². The normalized spacial score (nSPS) is 20.0. The Morgan fingerprint density at radius 3 is 2.28 bits per heavy atom. The highest BCUT2D eigenvalue weighted by Gasteiger charge is 2.41. The monoisotopic (exact) mass is 456 g/mol. The predicted octanol–water partition coefficient (Wildman–Crippen LogP) is 4.14. The molecule has 1 saturated carbocycles. The molecule has 9 heteroatoms. The van der Waals surface area contributed by atoms with E-state index in [-0.39, 0.29) is 23.2 Å². The molecular formula is C23H24N2O6S. The van der Waals surface area contributed by atoms with Crippen molar-refractivity contribution in [2.24, 2.45) is 0 Å². The number of benzene rings is 2. The highest BCUT2D eigenvalue weighted by molar-refractivity contribution is 7.89. The summed E-state index contributed by atoms with van der Waals surface area (Å²) in [5.74, 6) is -0.493. The minimum absolute atomic E-state index is 0.00792. The van der Waals surface area contributed by atoms with Crippen LogP contribution in [-0.2, 0) is 19.6 Å². The molecule has 8 nitrogen and oxygen atoms in total. The van der Waals surface area contributed by atoms with E-state index in [1.807, 2.05) is 6.07 Å². The molecule has 2 aromatic rings. The summed E-state index contributed by atoms with van der Waals surface area (Å²) >= 11 is 0. The van der Waals surface area contributed by atoms with Crippen molar-refractivity contribution in [1.82, 2.24) is 4.31 Å². The van der Waals surface area contributed by atoms with Gasteiger partial charge in [-0.1, -0.05) is 42.8 Å². The number of hydrogen-bond donors (Lipinski definition) is 0. The van der Waals surface area contributed by atoms with Gasteiger partial charge in [0.25, 0.3) is 5.69 Å². The molecule has 1 fully saturated rings. The Bertz CT molecular complexity index is 1120. The van der Waals surface area contributed by atoms with E-state index in [4.69, 9.17) is 4.74 Å². The fourth-order valence-electron chi connectivity index (χ4n) is 4.25. The van der Waals surface area contributed by atoms with Crippen LogP contribution in [0.4, 0.5) is 5.69 Å². The molecule has 32 heavy (non-hydrogen) atoms. The molecule has 0 amide bonds. The van der Waals surface area contributed by atoms with Gasteiger partial charge in [-0.2, -0.15) is 4.31 Å². The summed E-state index contributed by atoms with van der Waals surface area (Å²) in [6, 6.07) is 12.9. The SMILES string of the molecule is O=C(OC1CCCCC1)C1=CCN(S(=O)(=O)c2ccc([N+](=O)[O-])cc2)C1c1ccccc1. The third kappa shape index (κ3) is 4.44. The Labute approximate surface area is 186 Å². The molecule has 1 atom stereocenters. The minimum Gasteiger partial charge on any atom is -0.459 e. The largest absolute Gasteiger partial charge is 0.459 e. The fourth-order valence-corrected chi connectivity index (χ4v) is 5.79. The molecule has 0 aromatic heterocycles. The summed E-state index contributed by atoms with van der Waals surface area (Å²) in [6.07, 6.45) is 6.25. The van der Waals surface area contributed by atoms with E-state index in [0.717, 1.165) is 44.2 Å². The molecule has 0 N–H and O–H groups in total.